The maximum atomic E-state index is 11.8. The van der Waals surface area contributed by atoms with Crippen LogP contribution in [0.15, 0.2) is 29.4 Å². The summed E-state index contributed by atoms with van der Waals surface area (Å²) in [6.07, 6.45) is 1.47. The summed E-state index contributed by atoms with van der Waals surface area (Å²) in [7, 11) is -3.37. The van der Waals surface area contributed by atoms with Gasteiger partial charge in [0.05, 0.1) is 0 Å². The lowest BCUT2D eigenvalue weighted by Crippen LogP contribution is -2.39. The molecular formula is C8H11N3O2S. The van der Waals surface area contributed by atoms with Crippen LogP contribution in [0, 0.1) is 0 Å². The maximum Gasteiger partial charge on any atom is 0.225 e. The number of hydrogen-bond acceptors (Lipinski definition) is 5. The summed E-state index contributed by atoms with van der Waals surface area (Å²) in [5.74, 6) is 0. The third-order valence-corrected chi connectivity index (χ3v) is 3.80. The standard InChI is InChI=1S/C8H11N3O2S/c12-14(13,8-10-5-6-11-8)7-3-1-2-4-9-7/h1-4,8,10-11H,5-6H2. The van der Waals surface area contributed by atoms with Gasteiger partial charge in [-0.15, -0.1) is 0 Å². The fourth-order valence-electron chi connectivity index (χ4n) is 1.33. The molecule has 14 heavy (non-hydrogen) atoms. The first-order valence-corrected chi connectivity index (χ1v) is 5.87. The molecule has 0 radical (unpaired) electrons. The Bertz CT molecular complexity index is 398. The molecule has 1 aliphatic heterocycles. The summed E-state index contributed by atoms with van der Waals surface area (Å²) < 4.78 is 23.7. The molecule has 1 aromatic rings. The normalized spacial score (nSPS) is 18.6. The van der Waals surface area contributed by atoms with Crippen molar-refractivity contribution in [3.63, 3.8) is 0 Å². The van der Waals surface area contributed by atoms with E-state index in [9.17, 15) is 8.42 Å². The van der Waals surface area contributed by atoms with Crippen LogP contribution in [-0.4, -0.2) is 32.0 Å². The van der Waals surface area contributed by atoms with E-state index in [4.69, 9.17) is 0 Å². The van der Waals surface area contributed by atoms with Crippen molar-refractivity contribution in [3.05, 3.63) is 24.4 Å². The van der Waals surface area contributed by atoms with Crippen LogP contribution in [0.3, 0.4) is 0 Å². The molecular weight excluding hydrogens is 202 g/mol. The monoisotopic (exact) mass is 213 g/mol. The number of aromatic nitrogens is 1. The van der Waals surface area contributed by atoms with E-state index in [0.717, 1.165) is 0 Å². The summed E-state index contributed by atoms with van der Waals surface area (Å²) in [6.45, 7) is 1.33. The molecule has 0 bridgehead atoms. The van der Waals surface area contributed by atoms with Crippen LogP contribution in [0.2, 0.25) is 0 Å². The number of nitrogens with one attached hydrogen (secondary N) is 2. The van der Waals surface area contributed by atoms with Crippen LogP contribution in [0.5, 0.6) is 0 Å². The Balaban J connectivity index is 2.33. The number of rotatable bonds is 2. The topological polar surface area (TPSA) is 71.1 Å². The van der Waals surface area contributed by atoms with Gasteiger partial charge < -0.3 is 0 Å². The lowest BCUT2D eigenvalue weighted by atomic mass is 10.5. The zero-order valence-corrected chi connectivity index (χ0v) is 8.29. The molecule has 0 saturated carbocycles. The fourth-order valence-corrected chi connectivity index (χ4v) is 2.73. The second kappa shape index (κ2) is 3.64. The van der Waals surface area contributed by atoms with Gasteiger partial charge in [-0.05, 0) is 12.1 Å². The van der Waals surface area contributed by atoms with Gasteiger partial charge in [0.25, 0.3) is 0 Å². The quantitative estimate of drug-likeness (QED) is 0.682. The van der Waals surface area contributed by atoms with E-state index >= 15 is 0 Å². The van der Waals surface area contributed by atoms with Crippen molar-refractivity contribution < 1.29 is 8.42 Å². The van der Waals surface area contributed by atoms with Crippen molar-refractivity contribution in [2.24, 2.45) is 0 Å². The highest BCUT2D eigenvalue weighted by atomic mass is 32.2. The van der Waals surface area contributed by atoms with Gasteiger partial charge in [-0.1, -0.05) is 6.07 Å². The van der Waals surface area contributed by atoms with Gasteiger partial charge in [0.2, 0.25) is 9.84 Å². The summed E-state index contributed by atoms with van der Waals surface area (Å²) in [4.78, 5) is 3.83. The highest BCUT2D eigenvalue weighted by molar-refractivity contribution is 7.91. The molecule has 6 heteroatoms. The van der Waals surface area contributed by atoms with Gasteiger partial charge in [-0.2, -0.15) is 0 Å². The molecule has 0 spiro atoms. The van der Waals surface area contributed by atoms with Gasteiger partial charge >= 0.3 is 0 Å². The fraction of sp³-hybridized carbons (Fsp3) is 0.375. The Kier molecular flexibility index (Phi) is 2.49. The van der Waals surface area contributed by atoms with Crippen LogP contribution >= 0.6 is 0 Å². The number of pyridine rings is 1. The summed E-state index contributed by atoms with van der Waals surface area (Å²) in [5.41, 5.74) is -0.697. The number of hydrogen-bond donors (Lipinski definition) is 2. The van der Waals surface area contributed by atoms with E-state index in [1.807, 2.05) is 0 Å². The zero-order chi connectivity index (χ0) is 10.0. The van der Waals surface area contributed by atoms with Crippen molar-refractivity contribution >= 4 is 9.84 Å². The van der Waals surface area contributed by atoms with Gasteiger partial charge in [-0.25, -0.2) is 13.4 Å². The minimum atomic E-state index is -3.37. The Labute approximate surface area is 82.5 Å². The van der Waals surface area contributed by atoms with Crippen molar-refractivity contribution in [1.82, 2.24) is 15.6 Å². The molecule has 0 atom stereocenters. The van der Waals surface area contributed by atoms with Crippen LogP contribution in [0.1, 0.15) is 0 Å². The molecule has 5 nitrogen and oxygen atoms in total. The minimum absolute atomic E-state index is 0.104. The molecule has 0 unspecified atom stereocenters. The Morgan fingerprint density at radius 1 is 1.29 bits per heavy atom. The number of nitrogens with zero attached hydrogens (tertiary/aromatic N) is 1. The predicted molar refractivity (Wildman–Crippen MR) is 51.2 cm³/mol. The smallest absolute Gasteiger partial charge is 0.225 e. The SMILES string of the molecule is O=S(=O)(c1ccccn1)C1NCCN1. The van der Waals surface area contributed by atoms with Crippen molar-refractivity contribution in [2.75, 3.05) is 13.1 Å². The van der Waals surface area contributed by atoms with E-state index in [2.05, 4.69) is 15.6 Å². The first-order valence-electron chi connectivity index (χ1n) is 4.33. The second-order valence-corrected chi connectivity index (χ2v) is 4.98. The largest absolute Gasteiger partial charge is 0.287 e. The third-order valence-electron chi connectivity index (χ3n) is 2.02. The van der Waals surface area contributed by atoms with Crippen LogP contribution in [-0.2, 0) is 9.84 Å². The third kappa shape index (κ3) is 1.63. The molecule has 0 aliphatic carbocycles. The first kappa shape index (κ1) is 9.57. The minimum Gasteiger partial charge on any atom is -0.287 e. The predicted octanol–water partition coefficient (Wildman–Crippen LogP) is -0.668. The summed E-state index contributed by atoms with van der Waals surface area (Å²) in [6, 6.07) is 4.85. The van der Waals surface area contributed by atoms with E-state index in [1.165, 1.54) is 12.3 Å². The molecule has 2 N–H and O–H groups in total. The van der Waals surface area contributed by atoms with Crippen LogP contribution in [0.25, 0.3) is 0 Å². The first-order chi connectivity index (χ1) is 6.71. The van der Waals surface area contributed by atoms with Gasteiger partial charge in [0, 0.05) is 19.3 Å². The van der Waals surface area contributed by atoms with Gasteiger partial charge in [0.1, 0.15) is 0 Å². The molecule has 1 fully saturated rings. The Hall–Kier alpha value is -0.980. The molecule has 0 amide bonds. The van der Waals surface area contributed by atoms with Crippen molar-refractivity contribution in [1.29, 1.82) is 0 Å². The maximum absolute atomic E-state index is 11.8. The highest BCUT2D eigenvalue weighted by Crippen LogP contribution is 2.10. The lowest BCUT2D eigenvalue weighted by Gasteiger charge is -2.10. The van der Waals surface area contributed by atoms with Gasteiger partial charge in [-0.3, -0.25) is 10.6 Å². The average Bonchev–Trinajstić information content (AvgIpc) is 2.72. The highest BCUT2D eigenvalue weighted by Gasteiger charge is 2.30. The molecule has 1 aliphatic rings. The van der Waals surface area contributed by atoms with Crippen molar-refractivity contribution in [3.8, 4) is 0 Å². The Morgan fingerprint density at radius 3 is 2.57 bits per heavy atom. The molecule has 76 valence electrons. The molecule has 2 rings (SSSR count). The van der Waals surface area contributed by atoms with E-state index < -0.39 is 15.3 Å². The van der Waals surface area contributed by atoms with Crippen LogP contribution in [0.4, 0.5) is 0 Å². The van der Waals surface area contributed by atoms with Gasteiger partial charge in [0.15, 0.2) is 10.5 Å². The molecule has 1 aromatic heterocycles. The summed E-state index contributed by atoms with van der Waals surface area (Å²) >= 11 is 0. The average molecular weight is 213 g/mol. The molecule has 1 saturated heterocycles. The van der Waals surface area contributed by atoms with Crippen LogP contribution < -0.4 is 10.6 Å². The number of sulfone groups is 1. The van der Waals surface area contributed by atoms with E-state index in [-0.39, 0.29) is 5.03 Å². The molecule has 2 heterocycles. The van der Waals surface area contributed by atoms with E-state index in [0.29, 0.717) is 13.1 Å². The Morgan fingerprint density at radius 2 is 2.00 bits per heavy atom. The zero-order valence-electron chi connectivity index (χ0n) is 7.47. The van der Waals surface area contributed by atoms with Crippen molar-refractivity contribution in [2.45, 2.75) is 10.5 Å². The van der Waals surface area contributed by atoms with E-state index in [1.54, 1.807) is 12.1 Å². The molecule has 0 aromatic carbocycles. The lowest BCUT2D eigenvalue weighted by molar-refractivity contribution is 0.557. The second-order valence-electron chi connectivity index (χ2n) is 3.00. The summed E-state index contributed by atoms with van der Waals surface area (Å²) in [5, 5.41) is 5.82.